The Hall–Kier alpha value is -0.120. The standard InChI is InChI=1S/C14H27NO2/c1-5-17-13-8-12(14(13,2)3)15-11(9-16-4)10-6-7-10/h10-13,15H,5-9H2,1-4H3. The number of hydrogen-bond donors (Lipinski definition) is 1. The van der Waals surface area contributed by atoms with Gasteiger partial charge in [-0.3, -0.25) is 0 Å². The molecule has 0 heterocycles. The lowest BCUT2D eigenvalue weighted by Crippen LogP contribution is -2.63. The quantitative estimate of drug-likeness (QED) is 0.741. The van der Waals surface area contributed by atoms with Crippen LogP contribution in [0.1, 0.15) is 40.0 Å². The summed E-state index contributed by atoms with van der Waals surface area (Å²) in [5.41, 5.74) is 0.261. The Labute approximate surface area is 105 Å². The summed E-state index contributed by atoms with van der Waals surface area (Å²) in [6.45, 7) is 8.37. The van der Waals surface area contributed by atoms with E-state index in [1.807, 2.05) is 0 Å². The van der Waals surface area contributed by atoms with E-state index in [2.05, 4.69) is 26.1 Å². The van der Waals surface area contributed by atoms with E-state index in [0.717, 1.165) is 25.6 Å². The van der Waals surface area contributed by atoms with Gasteiger partial charge in [0.1, 0.15) is 0 Å². The van der Waals surface area contributed by atoms with E-state index in [4.69, 9.17) is 9.47 Å². The van der Waals surface area contributed by atoms with Crippen LogP contribution in [-0.4, -0.2) is 38.5 Å². The molecule has 2 aliphatic carbocycles. The minimum absolute atomic E-state index is 0.261. The molecule has 0 bridgehead atoms. The Balaban J connectivity index is 1.83. The first-order valence-corrected chi connectivity index (χ1v) is 6.96. The summed E-state index contributed by atoms with van der Waals surface area (Å²) in [7, 11) is 1.80. The predicted octanol–water partition coefficient (Wildman–Crippen LogP) is 2.20. The molecule has 3 heteroatoms. The van der Waals surface area contributed by atoms with E-state index >= 15 is 0 Å². The minimum Gasteiger partial charge on any atom is -0.383 e. The van der Waals surface area contributed by atoms with Gasteiger partial charge < -0.3 is 14.8 Å². The van der Waals surface area contributed by atoms with Crippen LogP contribution in [0.5, 0.6) is 0 Å². The Morgan fingerprint density at radius 3 is 2.53 bits per heavy atom. The summed E-state index contributed by atoms with van der Waals surface area (Å²) >= 11 is 0. The van der Waals surface area contributed by atoms with E-state index in [-0.39, 0.29) is 5.41 Å². The van der Waals surface area contributed by atoms with E-state index in [9.17, 15) is 0 Å². The topological polar surface area (TPSA) is 30.5 Å². The number of nitrogens with one attached hydrogen (secondary N) is 1. The predicted molar refractivity (Wildman–Crippen MR) is 69.1 cm³/mol. The summed E-state index contributed by atoms with van der Waals surface area (Å²) in [6.07, 6.45) is 4.30. The van der Waals surface area contributed by atoms with E-state index < -0.39 is 0 Å². The lowest BCUT2D eigenvalue weighted by molar-refractivity contribution is -0.118. The van der Waals surface area contributed by atoms with E-state index in [0.29, 0.717) is 18.2 Å². The van der Waals surface area contributed by atoms with Gasteiger partial charge in [0.15, 0.2) is 0 Å². The van der Waals surface area contributed by atoms with Crippen LogP contribution in [-0.2, 0) is 9.47 Å². The highest BCUT2D eigenvalue weighted by atomic mass is 16.5. The zero-order chi connectivity index (χ0) is 12.5. The van der Waals surface area contributed by atoms with E-state index in [1.54, 1.807) is 7.11 Å². The van der Waals surface area contributed by atoms with Gasteiger partial charge in [0.25, 0.3) is 0 Å². The Kier molecular flexibility index (Phi) is 4.11. The second-order valence-corrected chi connectivity index (χ2v) is 6.12. The van der Waals surface area contributed by atoms with Crippen molar-refractivity contribution in [2.24, 2.45) is 11.3 Å². The molecule has 3 unspecified atom stereocenters. The fourth-order valence-electron chi connectivity index (χ4n) is 2.91. The van der Waals surface area contributed by atoms with Crippen LogP contribution in [0, 0.1) is 11.3 Å². The molecule has 3 atom stereocenters. The summed E-state index contributed by atoms with van der Waals surface area (Å²) in [6, 6.07) is 1.13. The molecule has 100 valence electrons. The molecule has 0 spiro atoms. The maximum atomic E-state index is 5.77. The maximum absolute atomic E-state index is 5.77. The number of rotatable bonds is 7. The number of methoxy groups -OCH3 is 1. The van der Waals surface area contributed by atoms with Crippen LogP contribution in [0.25, 0.3) is 0 Å². The van der Waals surface area contributed by atoms with Crippen molar-refractivity contribution in [3.63, 3.8) is 0 Å². The van der Waals surface area contributed by atoms with Crippen molar-refractivity contribution < 1.29 is 9.47 Å². The SMILES string of the molecule is CCOC1CC(NC(COC)C2CC2)C1(C)C. The summed E-state index contributed by atoms with van der Waals surface area (Å²) < 4.78 is 11.1. The fourth-order valence-corrected chi connectivity index (χ4v) is 2.91. The van der Waals surface area contributed by atoms with Gasteiger partial charge in [-0.1, -0.05) is 13.8 Å². The van der Waals surface area contributed by atoms with Crippen LogP contribution in [0.2, 0.25) is 0 Å². The third-order valence-corrected chi connectivity index (χ3v) is 4.50. The molecule has 0 aromatic rings. The largest absolute Gasteiger partial charge is 0.383 e. The van der Waals surface area contributed by atoms with Gasteiger partial charge in [-0.2, -0.15) is 0 Å². The molecule has 0 aliphatic heterocycles. The lowest BCUT2D eigenvalue weighted by atomic mass is 9.64. The van der Waals surface area contributed by atoms with Crippen LogP contribution < -0.4 is 5.32 Å². The number of hydrogen-bond acceptors (Lipinski definition) is 3. The maximum Gasteiger partial charge on any atom is 0.0655 e. The molecule has 0 radical (unpaired) electrons. The molecule has 0 amide bonds. The molecule has 0 saturated heterocycles. The summed E-state index contributed by atoms with van der Waals surface area (Å²) in [4.78, 5) is 0. The minimum atomic E-state index is 0.261. The smallest absolute Gasteiger partial charge is 0.0655 e. The monoisotopic (exact) mass is 241 g/mol. The zero-order valence-electron chi connectivity index (χ0n) is 11.7. The first-order valence-electron chi connectivity index (χ1n) is 6.96. The van der Waals surface area contributed by atoms with Crippen molar-refractivity contribution >= 4 is 0 Å². The molecule has 0 aromatic heterocycles. The van der Waals surface area contributed by atoms with Crippen LogP contribution in [0.4, 0.5) is 0 Å². The van der Waals surface area contributed by atoms with Crippen LogP contribution in [0.15, 0.2) is 0 Å². The van der Waals surface area contributed by atoms with Gasteiger partial charge in [-0.25, -0.2) is 0 Å². The van der Waals surface area contributed by atoms with Gasteiger partial charge in [0.2, 0.25) is 0 Å². The highest BCUT2D eigenvalue weighted by Crippen LogP contribution is 2.44. The molecule has 1 N–H and O–H groups in total. The van der Waals surface area contributed by atoms with Gasteiger partial charge in [-0.05, 0) is 32.1 Å². The van der Waals surface area contributed by atoms with Crippen molar-refractivity contribution in [1.82, 2.24) is 5.32 Å². The Morgan fingerprint density at radius 1 is 1.35 bits per heavy atom. The fraction of sp³-hybridized carbons (Fsp3) is 1.00. The molecular formula is C14H27NO2. The van der Waals surface area contributed by atoms with Gasteiger partial charge >= 0.3 is 0 Å². The molecule has 17 heavy (non-hydrogen) atoms. The number of ether oxygens (including phenoxy) is 2. The van der Waals surface area contributed by atoms with Crippen molar-refractivity contribution in [3.8, 4) is 0 Å². The van der Waals surface area contributed by atoms with Gasteiger partial charge in [0.05, 0.1) is 12.7 Å². The second kappa shape index (κ2) is 5.25. The average Bonchev–Trinajstić information content (AvgIpc) is 3.10. The molecule has 2 rings (SSSR count). The second-order valence-electron chi connectivity index (χ2n) is 6.12. The Bertz CT molecular complexity index is 251. The molecule has 0 aromatic carbocycles. The average molecular weight is 241 g/mol. The third-order valence-electron chi connectivity index (χ3n) is 4.50. The summed E-state index contributed by atoms with van der Waals surface area (Å²) in [5, 5.41) is 3.79. The highest BCUT2D eigenvalue weighted by Gasteiger charge is 2.50. The molecule has 2 saturated carbocycles. The first-order chi connectivity index (χ1) is 8.09. The van der Waals surface area contributed by atoms with Gasteiger partial charge in [0, 0.05) is 31.2 Å². The van der Waals surface area contributed by atoms with Crippen molar-refractivity contribution in [3.05, 3.63) is 0 Å². The van der Waals surface area contributed by atoms with Gasteiger partial charge in [-0.15, -0.1) is 0 Å². The van der Waals surface area contributed by atoms with Crippen LogP contribution in [0.3, 0.4) is 0 Å². The van der Waals surface area contributed by atoms with Crippen molar-refractivity contribution in [1.29, 1.82) is 0 Å². The zero-order valence-corrected chi connectivity index (χ0v) is 11.7. The first kappa shape index (κ1) is 13.3. The molecular weight excluding hydrogens is 214 g/mol. The third kappa shape index (κ3) is 2.83. The molecule has 2 aliphatic rings. The normalized spacial score (nSPS) is 33.2. The summed E-state index contributed by atoms with van der Waals surface area (Å²) in [5.74, 6) is 0.844. The van der Waals surface area contributed by atoms with Crippen LogP contribution >= 0.6 is 0 Å². The highest BCUT2D eigenvalue weighted by molar-refractivity contribution is 5.05. The van der Waals surface area contributed by atoms with E-state index in [1.165, 1.54) is 12.8 Å². The lowest BCUT2D eigenvalue weighted by Gasteiger charge is -2.53. The molecule has 3 nitrogen and oxygen atoms in total. The molecule has 2 fully saturated rings. The Morgan fingerprint density at radius 2 is 2.06 bits per heavy atom. The van der Waals surface area contributed by atoms with Crippen molar-refractivity contribution in [2.45, 2.75) is 58.2 Å². The van der Waals surface area contributed by atoms with Crippen molar-refractivity contribution in [2.75, 3.05) is 20.3 Å².